The molecule has 2 aliphatic carbocycles. The normalized spacial score (nSPS) is 33.4. The van der Waals surface area contributed by atoms with Gasteiger partial charge in [-0.25, -0.2) is 4.79 Å². The van der Waals surface area contributed by atoms with Gasteiger partial charge < -0.3 is 14.9 Å². The summed E-state index contributed by atoms with van der Waals surface area (Å²) in [6, 6.07) is 0. The van der Waals surface area contributed by atoms with Crippen LogP contribution in [0.5, 0.6) is 0 Å². The van der Waals surface area contributed by atoms with E-state index in [1.807, 2.05) is 19.9 Å². The first kappa shape index (κ1) is 15.8. The van der Waals surface area contributed by atoms with Crippen molar-refractivity contribution in [2.75, 3.05) is 7.11 Å². The minimum Gasteiger partial charge on any atom is -0.507 e. The SMILES string of the molecule is COC(=O)C1=C(O)C(C)=CC(C2=CC(C)C(O)C(C)C2)C1. The van der Waals surface area contributed by atoms with Crippen LogP contribution in [0.3, 0.4) is 0 Å². The highest BCUT2D eigenvalue weighted by Crippen LogP contribution is 2.39. The molecule has 116 valence electrons. The Hall–Kier alpha value is -1.55. The highest BCUT2D eigenvalue weighted by molar-refractivity contribution is 5.90. The maximum atomic E-state index is 11.8. The van der Waals surface area contributed by atoms with Crippen molar-refractivity contribution in [3.8, 4) is 0 Å². The Labute approximate surface area is 125 Å². The molecule has 2 N–H and O–H groups in total. The van der Waals surface area contributed by atoms with Crippen LogP contribution < -0.4 is 0 Å². The first-order valence-electron chi connectivity index (χ1n) is 7.43. The molecule has 0 radical (unpaired) electrons. The highest BCUT2D eigenvalue weighted by Gasteiger charge is 2.32. The standard InChI is InChI=1S/C17H24O4/c1-9-5-12(6-10(2)15(9)18)13-7-11(3)16(19)14(8-13)17(20)21-4/h5,7,9-10,13,15,18-19H,6,8H2,1-4H3. The number of esters is 1. The van der Waals surface area contributed by atoms with Crippen LogP contribution in [0, 0.1) is 17.8 Å². The van der Waals surface area contributed by atoms with Gasteiger partial charge in [0.2, 0.25) is 0 Å². The second-order valence-corrected chi connectivity index (χ2v) is 6.25. The lowest BCUT2D eigenvalue weighted by molar-refractivity contribution is -0.136. The summed E-state index contributed by atoms with van der Waals surface area (Å²) in [5, 5.41) is 20.1. The van der Waals surface area contributed by atoms with E-state index in [9.17, 15) is 15.0 Å². The van der Waals surface area contributed by atoms with Crippen molar-refractivity contribution in [3.05, 3.63) is 34.6 Å². The fraction of sp³-hybridized carbons (Fsp3) is 0.588. The van der Waals surface area contributed by atoms with Gasteiger partial charge in [-0.2, -0.15) is 0 Å². The van der Waals surface area contributed by atoms with Gasteiger partial charge in [0.15, 0.2) is 0 Å². The lowest BCUT2D eigenvalue weighted by atomic mass is 9.74. The minimum absolute atomic E-state index is 0.0376. The quantitative estimate of drug-likeness (QED) is 0.606. The summed E-state index contributed by atoms with van der Waals surface area (Å²) < 4.78 is 4.76. The number of aliphatic hydroxyl groups is 2. The average molecular weight is 292 g/mol. The molecule has 21 heavy (non-hydrogen) atoms. The monoisotopic (exact) mass is 292 g/mol. The molecule has 4 unspecified atom stereocenters. The van der Waals surface area contributed by atoms with E-state index in [2.05, 4.69) is 6.08 Å². The molecule has 4 heteroatoms. The third kappa shape index (κ3) is 3.05. The van der Waals surface area contributed by atoms with E-state index >= 15 is 0 Å². The Morgan fingerprint density at radius 3 is 2.52 bits per heavy atom. The number of hydrogen-bond acceptors (Lipinski definition) is 4. The minimum atomic E-state index is -0.470. The predicted octanol–water partition coefficient (Wildman–Crippen LogP) is 2.90. The summed E-state index contributed by atoms with van der Waals surface area (Å²) in [5.41, 5.74) is 2.28. The topological polar surface area (TPSA) is 66.8 Å². The summed E-state index contributed by atoms with van der Waals surface area (Å²) in [6.45, 7) is 5.85. The number of allylic oxidation sites excluding steroid dienone is 3. The summed E-state index contributed by atoms with van der Waals surface area (Å²) in [5.74, 6) is -0.0288. The van der Waals surface area contributed by atoms with Crippen LogP contribution in [0.2, 0.25) is 0 Å². The Morgan fingerprint density at radius 2 is 1.95 bits per heavy atom. The molecule has 0 fully saturated rings. The van der Waals surface area contributed by atoms with Crippen LogP contribution in [-0.2, 0) is 9.53 Å². The molecule has 2 aliphatic rings. The summed E-state index contributed by atoms with van der Waals surface area (Å²) >= 11 is 0. The van der Waals surface area contributed by atoms with Crippen molar-refractivity contribution >= 4 is 5.97 Å². The number of aliphatic hydroxyl groups excluding tert-OH is 2. The molecule has 4 atom stereocenters. The van der Waals surface area contributed by atoms with Crippen LogP contribution in [0.15, 0.2) is 34.6 Å². The molecule has 0 aliphatic heterocycles. The Morgan fingerprint density at radius 1 is 1.29 bits per heavy atom. The van der Waals surface area contributed by atoms with Gasteiger partial charge in [0.05, 0.1) is 18.8 Å². The van der Waals surface area contributed by atoms with Gasteiger partial charge in [0.25, 0.3) is 0 Å². The molecular weight excluding hydrogens is 268 g/mol. The molecule has 0 aromatic carbocycles. The predicted molar refractivity (Wildman–Crippen MR) is 80.6 cm³/mol. The van der Waals surface area contributed by atoms with Gasteiger partial charge in [-0.15, -0.1) is 0 Å². The molecule has 0 bridgehead atoms. The highest BCUT2D eigenvalue weighted by atomic mass is 16.5. The van der Waals surface area contributed by atoms with Crippen LogP contribution in [-0.4, -0.2) is 29.4 Å². The molecule has 2 rings (SSSR count). The zero-order valence-electron chi connectivity index (χ0n) is 13.1. The Balaban J connectivity index is 2.28. The molecular formula is C17H24O4. The third-order valence-corrected chi connectivity index (χ3v) is 4.60. The zero-order chi connectivity index (χ0) is 15.7. The van der Waals surface area contributed by atoms with Crippen LogP contribution >= 0.6 is 0 Å². The summed E-state index contributed by atoms with van der Waals surface area (Å²) in [7, 11) is 1.33. The molecule has 0 aromatic rings. The molecule has 0 aromatic heterocycles. The number of rotatable bonds is 2. The van der Waals surface area contributed by atoms with Crippen molar-refractivity contribution in [1.29, 1.82) is 0 Å². The van der Waals surface area contributed by atoms with E-state index < -0.39 is 5.97 Å². The van der Waals surface area contributed by atoms with Crippen molar-refractivity contribution in [3.63, 3.8) is 0 Å². The van der Waals surface area contributed by atoms with E-state index in [1.165, 1.54) is 12.7 Å². The van der Waals surface area contributed by atoms with Crippen molar-refractivity contribution < 1.29 is 19.7 Å². The first-order valence-corrected chi connectivity index (χ1v) is 7.43. The first-order chi connectivity index (χ1) is 9.85. The summed E-state index contributed by atoms with van der Waals surface area (Å²) in [6.07, 6.45) is 5.07. The smallest absolute Gasteiger partial charge is 0.337 e. The van der Waals surface area contributed by atoms with Gasteiger partial charge in [-0.3, -0.25) is 0 Å². The van der Waals surface area contributed by atoms with E-state index in [4.69, 9.17) is 4.74 Å². The fourth-order valence-corrected chi connectivity index (χ4v) is 3.33. The maximum Gasteiger partial charge on any atom is 0.337 e. The second-order valence-electron chi connectivity index (χ2n) is 6.25. The number of methoxy groups -OCH3 is 1. The summed E-state index contributed by atoms with van der Waals surface area (Å²) in [4.78, 5) is 11.8. The van der Waals surface area contributed by atoms with E-state index in [1.54, 1.807) is 6.92 Å². The van der Waals surface area contributed by atoms with Crippen LogP contribution in [0.25, 0.3) is 0 Å². The molecule has 0 heterocycles. The number of ether oxygens (including phenoxy) is 1. The molecule has 0 amide bonds. The fourth-order valence-electron chi connectivity index (χ4n) is 3.33. The lowest BCUT2D eigenvalue weighted by Gasteiger charge is -2.33. The second kappa shape index (κ2) is 6.06. The largest absolute Gasteiger partial charge is 0.507 e. The maximum absolute atomic E-state index is 11.8. The van der Waals surface area contributed by atoms with E-state index in [0.29, 0.717) is 17.6 Å². The van der Waals surface area contributed by atoms with Crippen LogP contribution in [0.1, 0.15) is 33.6 Å². The van der Waals surface area contributed by atoms with Gasteiger partial charge in [0, 0.05) is 11.8 Å². The van der Waals surface area contributed by atoms with Gasteiger partial charge in [-0.1, -0.05) is 31.6 Å². The average Bonchev–Trinajstić information content (AvgIpc) is 2.46. The number of carbonyl (C=O) groups excluding carboxylic acids is 1. The van der Waals surface area contributed by atoms with Gasteiger partial charge >= 0.3 is 5.97 Å². The zero-order valence-corrected chi connectivity index (χ0v) is 13.1. The number of carbonyl (C=O) groups is 1. The molecule has 4 nitrogen and oxygen atoms in total. The van der Waals surface area contributed by atoms with Crippen LogP contribution in [0.4, 0.5) is 0 Å². The molecule has 0 saturated carbocycles. The van der Waals surface area contributed by atoms with E-state index in [-0.39, 0.29) is 29.6 Å². The van der Waals surface area contributed by atoms with E-state index in [0.717, 1.165) is 6.42 Å². The Kier molecular flexibility index (Phi) is 4.57. The van der Waals surface area contributed by atoms with Crippen molar-refractivity contribution in [1.82, 2.24) is 0 Å². The molecule has 0 saturated heterocycles. The Bertz CT molecular complexity index is 527. The lowest BCUT2D eigenvalue weighted by Crippen LogP contribution is -2.30. The van der Waals surface area contributed by atoms with Gasteiger partial charge in [0.1, 0.15) is 5.76 Å². The third-order valence-electron chi connectivity index (χ3n) is 4.60. The molecule has 0 spiro atoms. The van der Waals surface area contributed by atoms with Gasteiger partial charge in [-0.05, 0) is 31.3 Å². The van der Waals surface area contributed by atoms with Crippen molar-refractivity contribution in [2.45, 2.75) is 39.7 Å². The van der Waals surface area contributed by atoms with Crippen molar-refractivity contribution in [2.24, 2.45) is 17.8 Å². The number of hydrogen-bond donors (Lipinski definition) is 2.